The van der Waals surface area contributed by atoms with Crippen molar-refractivity contribution in [2.75, 3.05) is 0 Å². The molecule has 0 saturated carbocycles. The highest BCUT2D eigenvalue weighted by molar-refractivity contribution is 7.05. The summed E-state index contributed by atoms with van der Waals surface area (Å²) in [7, 11) is 0. The van der Waals surface area contributed by atoms with E-state index in [-0.39, 0.29) is 0 Å². The molecule has 0 radical (unpaired) electrons. The minimum absolute atomic E-state index is 0.650. The first kappa shape index (κ1) is 6.48. The summed E-state index contributed by atoms with van der Waals surface area (Å²) in [5.74, 6) is 0.650. The minimum atomic E-state index is 0.650. The van der Waals surface area contributed by atoms with Gasteiger partial charge in [0.2, 0.25) is 0 Å². The average molecular weight is 166 g/mol. The van der Waals surface area contributed by atoms with Crippen LogP contribution in [0.1, 0.15) is 5.01 Å². The molecule has 0 saturated heterocycles. The van der Waals surface area contributed by atoms with Crippen LogP contribution < -0.4 is 0 Å². The van der Waals surface area contributed by atoms with Crippen molar-refractivity contribution in [3.63, 3.8) is 0 Å². The largest absolute Gasteiger partial charge is 0.262 e. The Bertz CT molecular complexity index is 337. The van der Waals surface area contributed by atoms with Crippen molar-refractivity contribution in [3.05, 3.63) is 23.5 Å². The third kappa shape index (κ3) is 1.14. The number of rotatable bonds is 1. The molecule has 56 valence electrons. The Balaban J connectivity index is 2.45. The van der Waals surface area contributed by atoms with Crippen molar-refractivity contribution >= 4 is 11.5 Å². The van der Waals surface area contributed by atoms with Gasteiger partial charge in [-0.1, -0.05) is 0 Å². The fourth-order valence-corrected chi connectivity index (χ4v) is 1.23. The fraction of sp³-hybridized carbons (Fsp3) is 0.167. The molecule has 0 unspecified atom stereocenters. The van der Waals surface area contributed by atoms with Crippen molar-refractivity contribution in [1.29, 1.82) is 0 Å². The molecule has 0 aliphatic carbocycles. The van der Waals surface area contributed by atoms with Gasteiger partial charge in [0, 0.05) is 12.4 Å². The SMILES string of the molecule is Cc1nc(-n2cccn2)ns1. The molecule has 2 aromatic rings. The maximum atomic E-state index is 4.16. The molecule has 2 rings (SSSR count). The summed E-state index contributed by atoms with van der Waals surface area (Å²) in [4.78, 5) is 4.16. The van der Waals surface area contributed by atoms with Gasteiger partial charge in [0.1, 0.15) is 5.01 Å². The second kappa shape index (κ2) is 2.43. The highest BCUT2D eigenvalue weighted by Gasteiger charge is 2.00. The van der Waals surface area contributed by atoms with Crippen LogP contribution in [0, 0.1) is 6.92 Å². The first-order valence-electron chi connectivity index (χ1n) is 3.16. The molecule has 4 nitrogen and oxygen atoms in total. The van der Waals surface area contributed by atoms with Crippen molar-refractivity contribution in [2.45, 2.75) is 6.92 Å². The molecule has 11 heavy (non-hydrogen) atoms. The van der Waals surface area contributed by atoms with Crippen LogP contribution in [0.3, 0.4) is 0 Å². The van der Waals surface area contributed by atoms with E-state index in [4.69, 9.17) is 0 Å². The third-order valence-electron chi connectivity index (χ3n) is 1.23. The molecular formula is C6H6N4S. The molecule has 2 aromatic heterocycles. The van der Waals surface area contributed by atoms with Crippen LogP contribution in [0.25, 0.3) is 5.95 Å². The number of nitrogens with zero attached hydrogens (tertiary/aromatic N) is 4. The molecule has 0 bridgehead atoms. The normalized spacial score (nSPS) is 10.3. The highest BCUT2D eigenvalue weighted by atomic mass is 32.1. The van der Waals surface area contributed by atoms with Gasteiger partial charge in [-0.25, -0.2) is 9.67 Å². The summed E-state index contributed by atoms with van der Waals surface area (Å²) in [5, 5.41) is 4.95. The Morgan fingerprint density at radius 3 is 3.00 bits per heavy atom. The summed E-state index contributed by atoms with van der Waals surface area (Å²) in [6.45, 7) is 1.92. The molecule has 0 aromatic carbocycles. The van der Waals surface area contributed by atoms with Gasteiger partial charge >= 0.3 is 0 Å². The molecule has 0 N–H and O–H groups in total. The van der Waals surface area contributed by atoms with Gasteiger partial charge in [-0.05, 0) is 24.5 Å². The van der Waals surface area contributed by atoms with Gasteiger partial charge < -0.3 is 0 Å². The predicted molar refractivity (Wildman–Crippen MR) is 41.8 cm³/mol. The second-order valence-electron chi connectivity index (χ2n) is 2.06. The van der Waals surface area contributed by atoms with E-state index in [1.54, 1.807) is 10.9 Å². The van der Waals surface area contributed by atoms with Crippen LogP contribution in [-0.2, 0) is 0 Å². The summed E-state index contributed by atoms with van der Waals surface area (Å²) in [5.41, 5.74) is 0. The van der Waals surface area contributed by atoms with Gasteiger partial charge in [-0.2, -0.15) is 9.47 Å². The molecule has 0 aliphatic rings. The maximum Gasteiger partial charge on any atom is 0.262 e. The number of hydrogen-bond acceptors (Lipinski definition) is 4. The Morgan fingerprint density at radius 1 is 1.55 bits per heavy atom. The maximum absolute atomic E-state index is 4.16. The molecule has 0 atom stereocenters. The van der Waals surface area contributed by atoms with E-state index in [0.29, 0.717) is 5.95 Å². The van der Waals surface area contributed by atoms with E-state index in [9.17, 15) is 0 Å². The van der Waals surface area contributed by atoms with Crippen LogP contribution in [0.4, 0.5) is 0 Å². The van der Waals surface area contributed by atoms with Crippen LogP contribution in [0.2, 0.25) is 0 Å². The standard InChI is InChI=1S/C6H6N4S/c1-5-8-6(9-11-5)10-4-2-3-7-10/h2-4H,1H3. The quantitative estimate of drug-likeness (QED) is 0.635. The molecule has 0 amide bonds. The van der Waals surface area contributed by atoms with Gasteiger partial charge in [-0.15, -0.1) is 0 Å². The lowest BCUT2D eigenvalue weighted by Gasteiger charge is -1.88. The summed E-state index contributed by atoms with van der Waals surface area (Å²) < 4.78 is 5.73. The number of aromatic nitrogens is 4. The average Bonchev–Trinajstić information content (AvgIpc) is 2.55. The third-order valence-corrected chi connectivity index (χ3v) is 1.84. The Labute approximate surface area is 67.7 Å². The Kier molecular flexibility index (Phi) is 1.43. The highest BCUT2D eigenvalue weighted by Crippen LogP contribution is 2.05. The summed E-state index contributed by atoms with van der Waals surface area (Å²) >= 11 is 1.38. The van der Waals surface area contributed by atoms with Crippen LogP contribution in [-0.4, -0.2) is 19.1 Å². The molecular weight excluding hydrogens is 160 g/mol. The van der Waals surface area contributed by atoms with Crippen molar-refractivity contribution in [3.8, 4) is 5.95 Å². The molecule has 2 heterocycles. The van der Waals surface area contributed by atoms with Gasteiger partial charge in [0.25, 0.3) is 5.95 Å². The van der Waals surface area contributed by atoms with E-state index in [1.807, 2.05) is 19.2 Å². The van der Waals surface area contributed by atoms with E-state index in [1.165, 1.54) is 11.5 Å². The fourth-order valence-electron chi connectivity index (χ4n) is 0.769. The first-order chi connectivity index (χ1) is 5.36. The monoisotopic (exact) mass is 166 g/mol. The smallest absolute Gasteiger partial charge is 0.205 e. The molecule has 0 spiro atoms. The second-order valence-corrected chi connectivity index (χ2v) is 3.02. The topological polar surface area (TPSA) is 43.6 Å². The molecule has 0 fully saturated rings. The lowest BCUT2D eigenvalue weighted by atomic mass is 10.7. The predicted octanol–water partition coefficient (Wildman–Crippen LogP) is 1.03. The Hall–Kier alpha value is -1.23. The van der Waals surface area contributed by atoms with Crippen molar-refractivity contribution in [1.82, 2.24) is 19.1 Å². The van der Waals surface area contributed by atoms with Gasteiger partial charge in [-0.3, -0.25) is 0 Å². The number of hydrogen-bond donors (Lipinski definition) is 0. The van der Waals surface area contributed by atoms with Gasteiger partial charge in [0.15, 0.2) is 0 Å². The molecule has 0 aliphatic heterocycles. The number of aryl methyl sites for hydroxylation is 1. The minimum Gasteiger partial charge on any atom is -0.205 e. The van der Waals surface area contributed by atoms with Crippen molar-refractivity contribution < 1.29 is 0 Å². The zero-order valence-corrected chi connectivity index (χ0v) is 6.75. The van der Waals surface area contributed by atoms with E-state index < -0.39 is 0 Å². The Morgan fingerprint density at radius 2 is 2.45 bits per heavy atom. The van der Waals surface area contributed by atoms with Crippen molar-refractivity contribution in [2.24, 2.45) is 0 Å². The zero-order chi connectivity index (χ0) is 7.68. The molecule has 5 heteroatoms. The lowest BCUT2D eigenvalue weighted by Crippen LogP contribution is -1.95. The van der Waals surface area contributed by atoms with Crippen LogP contribution >= 0.6 is 11.5 Å². The lowest BCUT2D eigenvalue weighted by molar-refractivity contribution is 0.826. The summed E-state index contributed by atoms with van der Waals surface area (Å²) in [6.07, 6.45) is 3.53. The zero-order valence-electron chi connectivity index (χ0n) is 5.93. The van der Waals surface area contributed by atoms with E-state index in [2.05, 4.69) is 14.5 Å². The van der Waals surface area contributed by atoms with Gasteiger partial charge in [0.05, 0.1) is 0 Å². The van der Waals surface area contributed by atoms with Crippen LogP contribution in [0.5, 0.6) is 0 Å². The summed E-state index contributed by atoms with van der Waals surface area (Å²) in [6, 6.07) is 1.84. The first-order valence-corrected chi connectivity index (χ1v) is 3.94. The van der Waals surface area contributed by atoms with E-state index in [0.717, 1.165) is 5.01 Å². The van der Waals surface area contributed by atoms with Crippen LogP contribution in [0.15, 0.2) is 18.5 Å². The van der Waals surface area contributed by atoms with E-state index >= 15 is 0 Å².